The van der Waals surface area contributed by atoms with Crippen LogP contribution < -0.4 is 4.74 Å². The van der Waals surface area contributed by atoms with Crippen molar-refractivity contribution >= 4 is 16.3 Å². The van der Waals surface area contributed by atoms with Crippen LogP contribution in [0.1, 0.15) is 16.5 Å². The fourth-order valence-electron chi connectivity index (χ4n) is 3.79. The van der Waals surface area contributed by atoms with Crippen molar-refractivity contribution in [3.05, 3.63) is 65.0 Å². The lowest BCUT2D eigenvalue weighted by Crippen LogP contribution is -2.39. The highest BCUT2D eigenvalue weighted by molar-refractivity contribution is 7.17. The van der Waals surface area contributed by atoms with Crippen molar-refractivity contribution in [3.8, 4) is 23.0 Å². The number of hydrogen-bond donors (Lipinski definition) is 1. The minimum atomic E-state index is -0.103. The number of aromatic hydroxyl groups is 1. The Bertz CT molecular complexity index is 1130. The summed E-state index contributed by atoms with van der Waals surface area (Å²) in [5, 5.41) is 15.7. The van der Waals surface area contributed by atoms with Gasteiger partial charge in [-0.05, 0) is 17.7 Å². The number of nitrogens with zero attached hydrogens (tertiary/aromatic N) is 4. The van der Waals surface area contributed by atoms with E-state index in [1.165, 1.54) is 11.3 Å². The van der Waals surface area contributed by atoms with E-state index in [9.17, 15) is 5.11 Å². The Labute approximate surface area is 178 Å². The molecule has 1 atom stereocenters. The highest BCUT2D eigenvalue weighted by atomic mass is 32.1. The van der Waals surface area contributed by atoms with Gasteiger partial charge in [-0.15, -0.1) is 5.10 Å². The van der Waals surface area contributed by atoms with Crippen LogP contribution in [-0.4, -0.2) is 58.0 Å². The van der Waals surface area contributed by atoms with Crippen LogP contribution in [-0.2, 0) is 4.74 Å². The molecule has 30 heavy (non-hydrogen) atoms. The minimum absolute atomic E-state index is 0.103. The molecule has 0 amide bonds. The lowest BCUT2D eigenvalue weighted by Gasteiger charge is -2.34. The molecule has 1 N–H and O–H groups in total. The highest BCUT2D eigenvalue weighted by Gasteiger charge is 2.30. The Morgan fingerprint density at radius 3 is 2.47 bits per heavy atom. The van der Waals surface area contributed by atoms with Crippen LogP contribution in [0.4, 0.5) is 0 Å². The van der Waals surface area contributed by atoms with Crippen molar-refractivity contribution in [1.29, 1.82) is 0 Å². The van der Waals surface area contributed by atoms with E-state index in [0.29, 0.717) is 24.0 Å². The van der Waals surface area contributed by atoms with Crippen molar-refractivity contribution in [1.82, 2.24) is 19.5 Å². The SMILES string of the molecule is COc1ccc(C(c2sc3nc(-c4ccccc4)nn3c2O)N2CCOCC2)cc1. The average Bonchev–Trinajstić information content (AvgIpc) is 3.36. The second-order valence-corrected chi connectivity index (χ2v) is 8.12. The minimum Gasteiger partial charge on any atom is -0.497 e. The van der Waals surface area contributed by atoms with E-state index < -0.39 is 0 Å². The maximum atomic E-state index is 11.1. The van der Waals surface area contributed by atoms with Crippen molar-refractivity contribution in [2.24, 2.45) is 0 Å². The van der Waals surface area contributed by atoms with Crippen molar-refractivity contribution < 1.29 is 14.6 Å². The Balaban J connectivity index is 1.57. The number of thiazole rings is 1. The zero-order chi connectivity index (χ0) is 20.5. The monoisotopic (exact) mass is 422 g/mol. The van der Waals surface area contributed by atoms with Crippen molar-refractivity contribution in [2.75, 3.05) is 33.4 Å². The molecule has 2 aromatic heterocycles. The molecular formula is C22H22N4O3S. The summed E-state index contributed by atoms with van der Waals surface area (Å²) in [5.74, 6) is 1.55. The highest BCUT2D eigenvalue weighted by Crippen LogP contribution is 2.41. The number of rotatable bonds is 5. The lowest BCUT2D eigenvalue weighted by molar-refractivity contribution is 0.0241. The van der Waals surface area contributed by atoms with E-state index in [1.54, 1.807) is 11.6 Å². The number of aromatic nitrogens is 3. The third kappa shape index (κ3) is 3.43. The Morgan fingerprint density at radius 2 is 1.80 bits per heavy atom. The summed E-state index contributed by atoms with van der Waals surface area (Å²) in [6.45, 7) is 2.93. The summed E-state index contributed by atoms with van der Waals surface area (Å²) in [6.07, 6.45) is 0. The Hall–Kier alpha value is -2.94. The van der Waals surface area contributed by atoms with Gasteiger partial charge in [0.05, 0.1) is 31.2 Å². The molecule has 0 spiro atoms. The third-order valence-corrected chi connectivity index (χ3v) is 6.39. The largest absolute Gasteiger partial charge is 0.497 e. The standard InChI is InChI=1S/C22H22N4O3S/c1-28-17-9-7-15(8-10-17)18(25-11-13-29-14-12-25)19-21(27)26-22(30-19)23-20(24-26)16-5-3-2-4-6-16/h2-10,18,27H,11-14H2,1H3. The van der Waals surface area contributed by atoms with Crippen LogP contribution in [0.5, 0.6) is 11.6 Å². The molecule has 0 saturated carbocycles. The Morgan fingerprint density at radius 1 is 1.07 bits per heavy atom. The van der Waals surface area contributed by atoms with Crippen LogP contribution in [0, 0.1) is 0 Å². The van der Waals surface area contributed by atoms with Gasteiger partial charge in [0.1, 0.15) is 5.75 Å². The van der Waals surface area contributed by atoms with Gasteiger partial charge in [-0.3, -0.25) is 4.90 Å². The van der Waals surface area contributed by atoms with E-state index in [4.69, 9.17) is 9.47 Å². The molecule has 0 bridgehead atoms. The Kier molecular flexibility index (Phi) is 5.12. The first-order chi connectivity index (χ1) is 14.7. The molecule has 8 heteroatoms. The topological polar surface area (TPSA) is 72.1 Å². The first-order valence-corrected chi connectivity index (χ1v) is 10.7. The van der Waals surface area contributed by atoms with Crippen molar-refractivity contribution in [2.45, 2.75) is 6.04 Å². The quantitative estimate of drug-likeness (QED) is 0.530. The summed E-state index contributed by atoms with van der Waals surface area (Å²) in [7, 11) is 1.66. The van der Waals surface area contributed by atoms with E-state index in [0.717, 1.165) is 34.8 Å². The number of benzene rings is 2. The molecule has 0 aliphatic carbocycles. The second kappa shape index (κ2) is 8.06. The molecule has 3 heterocycles. The van der Waals surface area contributed by atoms with Crippen LogP contribution >= 0.6 is 11.3 Å². The van der Waals surface area contributed by atoms with Gasteiger partial charge in [-0.1, -0.05) is 53.8 Å². The first kappa shape index (κ1) is 19.0. The molecule has 0 radical (unpaired) electrons. The molecule has 2 aromatic carbocycles. The molecule has 1 aliphatic heterocycles. The molecule has 1 aliphatic rings. The zero-order valence-electron chi connectivity index (χ0n) is 16.6. The molecule has 4 aromatic rings. The van der Waals surface area contributed by atoms with Crippen LogP contribution in [0.3, 0.4) is 0 Å². The van der Waals surface area contributed by atoms with Crippen LogP contribution in [0.15, 0.2) is 54.6 Å². The van der Waals surface area contributed by atoms with E-state index in [-0.39, 0.29) is 11.9 Å². The molecular weight excluding hydrogens is 400 g/mol. The number of fused-ring (bicyclic) bond motifs is 1. The number of ether oxygens (including phenoxy) is 2. The molecule has 7 nitrogen and oxygen atoms in total. The number of methoxy groups -OCH3 is 1. The van der Waals surface area contributed by atoms with E-state index >= 15 is 0 Å². The van der Waals surface area contributed by atoms with Crippen LogP contribution in [0.25, 0.3) is 16.3 Å². The van der Waals surface area contributed by atoms with Gasteiger partial charge in [-0.2, -0.15) is 9.50 Å². The van der Waals surface area contributed by atoms with E-state index in [2.05, 4.69) is 15.0 Å². The lowest BCUT2D eigenvalue weighted by atomic mass is 10.0. The van der Waals surface area contributed by atoms with Gasteiger partial charge in [0, 0.05) is 18.7 Å². The van der Waals surface area contributed by atoms with Gasteiger partial charge in [0.15, 0.2) is 5.82 Å². The molecule has 154 valence electrons. The fraction of sp³-hybridized carbons (Fsp3) is 0.273. The summed E-state index contributed by atoms with van der Waals surface area (Å²) in [6, 6.07) is 17.7. The van der Waals surface area contributed by atoms with Gasteiger partial charge < -0.3 is 14.6 Å². The molecule has 1 saturated heterocycles. The van der Waals surface area contributed by atoms with Gasteiger partial charge in [-0.25, -0.2) is 0 Å². The summed E-state index contributed by atoms with van der Waals surface area (Å²) < 4.78 is 12.4. The molecule has 1 fully saturated rings. The predicted molar refractivity (Wildman–Crippen MR) is 115 cm³/mol. The molecule has 5 rings (SSSR count). The zero-order valence-corrected chi connectivity index (χ0v) is 17.4. The molecule has 1 unspecified atom stereocenters. The van der Waals surface area contributed by atoms with E-state index in [1.807, 2.05) is 54.6 Å². The van der Waals surface area contributed by atoms with Gasteiger partial charge >= 0.3 is 0 Å². The van der Waals surface area contributed by atoms with Gasteiger partial charge in [0.2, 0.25) is 10.8 Å². The summed E-state index contributed by atoms with van der Waals surface area (Å²) in [5.41, 5.74) is 2.01. The maximum Gasteiger partial charge on any atom is 0.230 e. The van der Waals surface area contributed by atoms with Crippen molar-refractivity contribution in [3.63, 3.8) is 0 Å². The predicted octanol–water partition coefficient (Wildman–Crippen LogP) is 3.59. The average molecular weight is 423 g/mol. The number of hydrogen-bond acceptors (Lipinski definition) is 7. The normalized spacial score (nSPS) is 16.0. The second-order valence-electron chi connectivity index (χ2n) is 7.11. The number of morpholine rings is 1. The summed E-state index contributed by atoms with van der Waals surface area (Å²) >= 11 is 1.47. The van der Waals surface area contributed by atoms with Gasteiger partial charge in [0.25, 0.3) is 0 Å². The smallest absolute Gasteiger partial charge is 0.230 e. The first-order valence-electron chi connectivity index (χ1n) is 9.84. The summed E-state index contributed by atoms with van der Waals surface area (Å²) in [4.78, 5) is 8.49. The maximum absolute atomic E-state index is 11.1. The third-order valence-electron chi connectivity index (χ3n) is 5.32. The fourth-order valence-corrected chi connectivity index (χ4v) is 4.90. The van der Waals surface area contributed by atoms with Crippen LogP contribution in [0.2, 0.25) is 0 Å².